The van der Waals surface area contributed by atoms with Gasteiger partial charge in [0.25, 0.3) is 0 Å². The molecule has 3 N–H and O–H groups in total. The molecule has 136 valence electrons. The fraction of sp³-hybridized carbons (Fsp3) is 0.0417. The van der Waals surface area contributed by atoms with Crippen molar-refractivity contribution in [1.29, 1.82) is 5.41 Å². The van der Waals surface area contributed by atoms with Crippen molar-refractivity contribution in [3.8, 4) is 5.75 Å². The minimum Gasteiger partial charge on any atom is -0.496 e. The molecule has 0 aliphatic heterocycles. The highest BCUT2D eigenvalue weighted by Crippen LogP contribution is 2.36. The van der Waals surface area contributed by atoms with Crippen LogP contribution in [-0.2, 0) is 0 Å². The SMILES string of the molecule is COc1ccc(NC(=N)Nc2ccc3cccc4c3c2C=C4)c2ccccc12. The Morgan fingerprint density at radius 3 is 2.43 bits per heavy atom. The summed E-state index contributed by atoms with van der Waals surface area (Å²) in [6.07, 6.45) is 4.23. The first-order valence-electron chi connectivity index (χ1n) is 9.17. The van der Waals surface area contributed by atoms with E-state index in [1.807, 2.05) is 42.5 Å². The molecule has 0 aromatic heterocycles. The largest absolute Gasteiger partial charge is 0.496 e. The van der Waals surface area contributed by atoms with Gasteiger partial charge in [-0.25, -0.2) is 0 Å². The Hall–Kier alpha value is -3.79. The third kappa shape index (κ3) is 2.58. The average molecular weight is 365 g/mol. The summed E-state index contributed by atoms with van der Waals surface area (Å²) in [5.41, 5.74) is 4.13. The fourth-order valence-electron chi connectivity index (χ4n) is 3.89. The first kappa shape index (κ1) is 16.4. The molecule has 5 rings (SSSR count). The van der Waals surface area contributed by atoms with Gasteiger partial charge in [-0.2, -0.15) is 0 Å². The lowest BCUT2D eigenvalue weighted by atomic mass is 10.0. The van der Waals surface area contributed by atoms with Crippen LogP contribution < -0.4 is 15.4 Å². The van der Waals surface area contributed by atoms with Crippen molar-refractivity contribution in [2.45, 2.75) is 0 Å². The average Bonchev–Trinajstić information content (AvgIpc) is 3.16. The van der Waals surface area contributed by atoms with E-state index in [9.17, 15) is 0 Å². The van der Waals surface area contributed by atoms with Gasteiger partial charge in [0, 0.05) is 27.7 Å². The van der Waals surface area contributed by atoms with Gasteiger partial charge in [-0.05, 0) is 34.5 Å². The zero-order valence-electron chi connectivity index (χ0n) is 15.4. The van der Waals surface area contributed by atoms with Gasteiger partial charge in [0.15, 0.2) is 5.96 Å². The van der Waals surface area contributed by atoms with Gasteiger partial charge < -0.3 is 15.4 Å². The van der Waals surface area contributed by atoms with Crippen molar-refractivity contribution in [3.05, 3.63) is 77.9 Å². The van der Waals surface area contributed by atoms with Crippen LogP contribution in [-0.4, -0.2) is 13.1 Å². The molecule has 0 bridgehead atoms. The normalized spacial score (nSPS) is 11.8. The summed E-state index contributed by atoms with van der Waals surface area (Å²) < 4.78 is 5.46. The highest BCUT2D eigenvalue weighted by Gasteiger charge is 2.14. The van der Waals surface area contributed by atoms with Gasteiger partial charge in [0.05, 0.1) is 7.11 Å². The van der Waals surface area contributed by atoms with Crippen molar-refractivity contribution in [2.24, 2.45) is 0 Å². The van der Waals surface area contributed by atoms with E-state index in [4.69, 9.17) is 10.1 Å². The van der Waals surface area contributed by atoms with Crippen LogP contribution >= 0.6 is 0 Å². The van der Waals surface area contributed by atoms with Gasteiger partial charge in [-0.3, -0.25) is 5.41 Å². The molecule has 0 saturated carbocycles. The summed E-state index contributed by atoms with van der Waals surface area (Å²) in [5.74, 6) is 1.05. The monoisotopic (exact) mass is 365 g/mol. The maximum absolute atomic E-state index is 8.46. The number of hydrogen-bond acceptors (Lipinski definition) is 2. The lowest BCUT2D eigenvalue weighted by Crippen LogP contribution is -2.21. The van der Waals surface area contributed by atoms with Crippen molar-refractivity contribution >= 4 is 51.0 Å². The molecule has 4 heteroatoms. The molecule has 28 heavy (non-hydrogen) atoms. The minimum absolute atomic E-state index is 0.226. The molecular weight excluding hydrogens is 346 g/mol. The Balaban J connectivity index is 1.46. The molecule has 4 aromatic rings. The maximum Gasteiger partial charge on any atom is 0.197 e. The Kier molecular flexibility index (Phi) is 3.76. The summed E-state index contributed by atoms with van der Waals surface area (Å²) in [7, 11) is 1.67. The number of hydrogen-bond donors (Lipinski definition) is 3. The predicted octanol–water partition coefficient (Wildman–Crippen LogP) is 5.94. The number of ether oxygens (including phenoxy) is 1. The summed E-state index contributed by atoms with van der Waals surface area (Å²) in [6, 6.07) is 22.3. The third-order valence-electron chi connectivity index (χ3n) is 5.17. The standard InChI is InChI=1S/C24H19N3O/c1-28-22-14-13-20(17-7-2-3-8-18(17)22)26-24(25)27-21-12-10-16-6-4-5-15-9-11-19(21)23(15)16/h2-14H,1H3,(H3,25,26,27). The van der Waals surface area contributed by atoms with Gasteiger partial charge in [0.2, 0.25) is 0 Å². The van der Waals surface area contributed by atoms with Crippen LogP contribution in [0.25, 0.3) is 33.7 Å². The first-order chi connectivity index (χ1) is 13.7. The summed E-state index contributed by atoms with van der Waals surface area (Å²) >= 11 is 0. The van der Waals surface area contributed by atoms with Crippen LogP contribution in [0.15, 0.2) is 66.7 Å². The molecule has 1 aliphatic carbocycles. The number of rotatable bonds is 3. The Morgan fingerprint density at radius 2 is 1.57 bits per heavy atom. The highest BCUT2D eigenvalue weighted by atomic mass is 16.5. The lowest BCUT2D eigenvalue weighted by molar-refractivity contribution is 0.420. The number of benzene rings is 4. The van der Waals surface area contributed by atoms with Crippen molar-refractivity contribution in [3.63, 3.8) is 0 Å². The van der Waals surface area contributed by atoms with Gasteiger partial charge in [-0.15, -0.1) is 0 Å². The zero-order valence-corrected chi connectivity index (χ0v) is 15.4. The van der Waals surface area contributed by atoms with Gasteiger partial charge in [-0.1, -0.05) is 60.7 Å². The van der Waals surface area contributed by atoms with Crippen LogP contribution in [0.5, 0.6) is 5.75 Å². The molecule has 0 amide bonds. The second-order valence-electron chi connectivity index (χ2n) is 6.79. The minimum atomic E-state index is 0.226. The van der Waals surface area contributed by atoms with Crippen molar-refractivity contribution in [1.82, 2.24) is 0 Å². The highest BCUT2D eigenvalue weighted by molar-refractivity contribution is 6.13. The van der Waals surface area contributed by atoms with Crippen LogP contribution in [0.3, 0.4) is 0 Å². The van der Waals surface area contributed by atoms with E-state index in [0.717, 1.165) is 33.5 Å². The number of guanidine groups is 1. The van der Waals surface area contributed by atoms with Crippen LogP contribution in [0.4, 0.5) is 11.4 Å². The van der Waals surface area contributed by atoms with Gasteiger partial charge >= 0.3 is 0 Å². The Labute approximate surface area is 163 Å². The molecule has 0 saturated heterocycles. The van der Waals surface area contributed by atoms with Crippen LogP contribution in [0, 0.1) is 5.41 Å². The molecule has 0 radical (unpaired) electrons. The Bertz CT molecular complexity index is 1270. The second-order valence-corrected chi connectivity index (χ2v) is 6.79. The van der Waals surface area contributed by atoms with E-state index in [1.54, 1.807) is 7.11 Å². The summed E-state index contributed by atoms with van der Waals surface area (Å²) in [6.45, 7) is 0. The molecule has 4 aromatic carbocycles. The number of methoxy groups -OCH3 is 1. The summed E-state index contributed by atoms with van der Waals surface area (Å²) in [5, 5.41) is 19.3. The van der Waals surface area contributed by atoms with E-state index < -0.39 is 0 Å². The molecule has 0 heterocycles. The van der Waals surface area contributed by atoms with E-state index in [1.165, 1.54) is 16.3 Å². The second kappa shape index (κ2) is 6.43. The van der Waals surface area contributed by atoms with E-state index in [-0.39, 0.29) is 5.96 Å². The smallest absolute Gasteiger partial charge is 0.197 e. The molecule has 1 aliphatic rings. The molecule has 4 nitrogen and oxygen atoms in total. The zero-order chi connectivity index (χ0) is 19.1. The molecule has 0 spiro atoms. The number of anilines is 2. The quantitative estimate of drug-likeness (QED) is 0.274. The van der Waals surface area contributed by atoms with Crippen molar-refractivity contribution in [2.75, 3.05) is 17.7 Å². The molecule has 0 fully saturated rings. The summed E-state index contributed by atoms with van der Waals surface area (Å²) in [4.78, 5) is 0. The maximum atomic E-state index is 8.46. The molecular formula is C24H19N3O. The fourth-order valence-corrected chi connectivity index (χ4v) is 3.89. The van der Waals surface area contributed by atoms with E-state index in [0.29, 0.717) is 0 Å². The number of nitrogens with one attached hydrogen (secondary N) is 3. The Morgan fingerprint density at radius 1 is 0.786 bits per heavy atom. The van der Waals surface area contributed by atoms with E-state index in [2.05, 4.69) is 47.1 Å². The predicted molar refractivity (Wildman–Crippen MR) is 118 cm³/mol. The van der Waals surface area contributed by atoms with Crippen LogP contribution in [0.2, 0.25) is 0 Å². The first-order valence-corrected chi connectivity index (χ1v) is 9.17. The van der Waals surface area contributed by atoms with Gasteiger partial charge in [0.1, 0.15) is 5.75 Å². The topological polar surface area (TPSA) is 57.1 Å². The molecule has 0 atom stereocenters. The third-order valence-corrected chi connectivity index (χ3v) is 5.17. The lowest BCUT2D eigenvalue weighted by Gasteiger charge is -2.16. The number of fused-ring (bicyclic) bond motifs is 1. The van der Waals surface area contributed by atoms with Crippen molar-refractivity contribution < 1.29 is 4.74 Å². The van der Waals surface area contributed by atoms with Crippen LogP contribution in [0.1, 0.15) is 11.1 Å². The molecule has 0 unspecified atom stereocenters. The van der Waals surface area contributed by atoms with E-state index >= 15 is 0 Å².